The predicted octanol–water partition coefficient (Wildman–Crippen LogP) is 4.21. The van der Waals surface area contributed by atoms with Crippen LogP contribution in [0, 0.1) is 17.8 Å². The number of thiazole rings is 1. The van der Waals surface area contributed by atoms with Crippen LogP contribution in [0.15, 0.2) is 28.0 Å². The zero-order valence-electron chi connectivity index (χ0n) is 14.3. The number of thioether (sulfide) groups is 1. The summed E-state index contributed by atoms with van der Waals surface area (Å²) in [4.78, 5) is 27.1. The molecule has 0 unspecified atom stereocenters. The molecule has 2 aromatic rings. The number of aliphatic carboxylic acids is 1. The Morgan fingerprint density at radius 2 is 2.15 bits per heavy atom. The van der Waals surface area contributed by atoms with Crippen LogP contribution < -0.4 is 9.61 Å². The standard InChI is InChI=1S/C19H18ClNO4S2/c20-10-3-4-12(25-7-13(22)23)11(6-10)15-14-8-1-2-9(5-8)16(14)26-18-17(15)27-19(24)21-18/h3-4,6,8-9,14-16H,1-2,5,7H2,(H,21,24)(H,22,23)/t8-,9-,14-,15-,16-/m1/s1. The van der Waals surface area contributed by atoms with Crippen molar-refractivity contribution in [2.24, 2.45) is 17.8 Å². The van der Waals surface area contributed by atoms with E-state index < -0.39 is 12.6 Å². The van der Waals surface area contributed by atoms with Gasteiger partial charge >= 0.3 is 10.8 Å². The molecule has 3 aliphatic rings. The van der Waals surface area contributed by atoms with E-state index in [-0.39, 0.29) is 10.8 Å². The zero-order chi connectivity index (χ0) is 18.7. The van der Waals surface area contributed by atoms with E-state index in [1.807, 2.05) is 17.8 Å². The molecule has 2 heterocycles. The van der Waals surface area contributed by atoms with Crippen LogP contribution in [0.25, 0.3) is 0 Å². The molecular formula is C19H18ClNO4S2. The molecule has 0 radical (unpaired) electrons. The fourth-order valence-electron chi connectivity index (χ4n) is 5.23. The molecule has 5 atom stereocenters. The summed E-state index contributed by atoms with van der Waals surface area (Å²) >= 11 is 9.40. The average Bonchev–Trinajstić information content (AvgIpc) is 3.32. The number of aromatic nitrogens is 1. The third-order valence-electron chi connectivity index (χ3n) is 6.12. The van der Waals surface area contributed by atoms with Crippen LogP contribution in [0.5, 0.6) is 5.75 Å². The highest BCUT2D eigenvalue weighted by molar-refractivity contribution is 8.00. The van der Waals surface area contributed by atoms with E-state index in [0.29, 0.717) is 33.8 Å². The number of fused-ring (bicyclic) bond motifs is 6. The molecule has 27 heavy (non-hydrogen) atoms. The molecule has 2 fully saturated rings. The highest BCUT2D eigenvalue weighted by atomic mass is 35.5. The minimum Gasteiger partial charge on any atom is -0.482 e. The molecule has 142 valence electrons. The van der Waals surface area contributed by atoms with Gasteiger partial charge in [-0.3, -0.25) is 4.79 Å². The van der Waals surface area contributed by atoms with Crippen molar-refractivity contribution in [3.8, 4) is 5.75 Å². The Hall–Kier alpha value is -1.44. The van der Waals surface area contributed by atoms with Crippen LogP contribution in [-0.4, -0.2) is 27.9 Å². The van der Waals surface area contributed by atoms with Gasteiger partial charge in [0, 0.05) is 26.6 Å². The molecular weight excluding hydrogens is 406 g/mol. The molecule has 8 heteroatoms. The minimum absolute atomic E-state index is 0.0213. The number of H-pyrrole nitrogens is 1. The molecule has 2 bridgehead atoms. The second-order valence-corrected chi connectivity index (χ2v) is 10.2. The van der Waals surface area contributed by atoms with Crippen molar-refractivity contribution in [3.63, 3.8) is 0 Å². The normalized spacial score (nSPS) is 30.8. The van der Waals surface area contributed by atoms with Gasteiger partial charge in [0.25, 0.3) is 0 Å². The maximum absolute atomic E-state index is 12.1. The van der Waals surface area contributed by atoms with Crippen molar-refractivity contribution in [3.05, 3.63) is 43.3 Å². The molecule has 1 aliphatic heterocycles. The second-order valence-electron chi connectivity index (χ2n) is 7.54. The van der Waals surface area contributed by atoms with Gasteiger partial charge in [-0.25, -0.2) is 4.79 Å². The number of rotatable bonds is 4. The first-order valence-corrected chi connectivity index (χ1v) is 11.1. The fourth-order valence-corrected chi connectivity index (χ4v) is 8.30. The van der Waals surface area contributed by atoms with Crippen molar-refractivity contribution in [1.29, 1.82) is 0 Å². The summed E-state index contributed by atoms with van der Waals surface area (Å²) in [7, 11) is 0. The predicted molar refractivity (Wildman–Crippen MR) is 105 cm³/mol. The van der Waals surface area contributed by atoms with E-state index in [1.54, 1.807) is 12.1 Å². The molecule has 0 spiro atoms. The first kappa shape index (κ1) is 17.6. The summed E-state index contributed by atoms with van der Waals surface area (Å²) in [6, 6.07) is 5.36. The third-order valence-corrected chi connectivity index (χ3v) is 8.98. The Kier molecular flexibility index (Phi) is 4.29. The number of carboxylic acid groups (broad SMARTS) is 1. The van der Waals surface area contributed by atoms with Gasteiger partial charge in [0.2, 0.25) is 0 Å². The number of aromatic amines is 1. The largest absolute Gasteiger partial charge is 0.482 e. The summed E-state index contributed by atoms with van der Waals surface area (Å²) in [5.41, 5.74) is 0.906. The van der Waals surface area contributed by atoms with Gasteiger partial charge in [-0.2, -0.15) is 0 Å². The highest BCUT2D eigenvalue weighted by Gasteiger charge is 2.55. The number of nitrogens with one attached hydrogen (secondary N) is 1. The number of halogens is 1. The lowest BCUT2D eigenvalue weighted by molar-refractivity contribution is -0.139. The highest BCUT2D eigenvalue weighted by Crippen LogP contribution is 2.64. The number of benzene rings is 1. The number of carbonyl (C=O) groups is 1. The summed E-state index contributed by atoms with van der Waals surface area (Å²) in [5.74, 6) is 1.30. The van der Waals surface area contributed by atoms with E-state index >= 15 is 0 Å². The van der Waals surface area contributed by atoms with Crippen molar-refractivity contribution < 1.29 is 14.6 Å². The molecule has 5 nitrogen and oxygen atoms in total. The van der Waals surface area contributed by atoms with Gasteiger partial charge in [0.1, 0.15) is 5.75 Å². The van der Waals surface area contributed by atoms with Crippen molar-refractivity contribution >= 4 is 40.7 Å². The molecule has 1 aromatic carbocycles. The van der Waals surface area contributed by atoms with E-state index in [1.165, 1.54) is 30.6 Å². The molecule has 5 rings (SSSR count). The topological polar surface area (TPSA) is 79.4 Å². The lowest BCUT2D eigenvalue weighted by Gasteiger charge is -2.40. The third kappa shape index (κ3) is 2.91. The molecule has 2 saturated carbocycles. The van der Waals surface area contributed by atoms with Crippen molar-refractivity contribution in [2.45, 2.75) is 35.5 Å². The summed E-state index contributed by atoms with van der Waals surface area (Å²) in [6.07, 6.45) is 3.72. The second kappa shape index (κ2) is 6.57. The van der Waals surface area contributed by atoms with Crippen LogP contribution in [0.4, 0.5) is 0 Å². The smallest absolute Gasteiger partial charge is 0.341 e. The Morgan fingerprint density at radius 1 is 1.33 bits per heavy atom. The SMILES string of the molecule is O=C(O)COc1ccc(Cl)cc1[C@H]1c2sc(=O)[nH]c2S[C@@H]2[C@@H]3CC[C@H](C3)[C@H]12. The van der Waals surface area contributed by atoms with Crippen LogP contribution in [0.2, 0.25) is 5.02 Å². The molecule has 0 amide bonds. The van der Waals surface area contributed by atoms with Gasteiger partial charge in [0.15, 0.2) is 6.61 Å². The first-order valence-electron chi connectivity index (χ1n) is 9.05. The van der Waals surface area contributed by atoms with Gasteiger partial charge in [-0.1, -0.05) is 22.9 Å². The maximum atomic E-state index is 12.1. The Balaban J connectivity index is 1.65. The van der Waals surface area contributed by atoms with E-state index in [0.717, 1.165) is 15.5 Å². The summed E-state index contributed by atoms with van der Waals surface area (Å²) in [5, 5.41) is 11.1. The van der Waals surface area contributed by atoms with Crippen LogP contribution in [0.1, 0.15) is 35.6 Å². The molecule has 2 N–H and O–H groups in total. The van der Waals surface area contributed by atoms with E-state index in [9.17, 15) is 9.59 Å². The number of carboxylic acids is 1. The monoisotopic (exact) mass is 423 g/mol. The molecule has 0 saturated heterocycles. The Labute approximate surface area is 169 Å². The first-order chi connectivity index (χ1) is 13.0. The van der Waals surface area contributed by atoms with Gasteiger partial charge in [-0.15, -0.1) is 11.8 Å². The zero-order valence-corrected chi connectivity index (χ0v) is 16.7. The Morgan fingerprint density at radius 3 is 2.96 bits per heavy atom. The van der Waals surface area contributed by atoms with Gasteiger partial charge in [-0.05, 0) is 55.2 Å². The molecule has 1 aromatic heterocycles. The quantitative estimate of drug-likeness (QED) is 0.770. The minimum atomic E-state index is -1.01. The maximum Gasteiger partial charge on any atom is 0.341 e. The van der Waals surface area contributed by atoms with Crippen LogP contribution in [0.3, 0.4) is 0 Å². The van der Waals surface area contributed by atoms with Crippen LogP contribution in [-0.2, 0) is 4.79 Å². The van der Waals surface area contributed by atoms with Crippen molar-refractivity contribution in [2.75, 3.05) is 6.61 Å². The number of hydrogen-bond acceptors (Lipinski definition) is 5. The van der Waals surface area contributed by atoms with Gasteiger partial charge < -0.3 is 14.8 Å². The Bertz CT molecular complexity index is 971. The van der Waals surface area contributed by atoms with Crippen molar-refractivity contribution in [1.82, 2.24) is 4.98 Å². The molecule has 2 aliphatic carbocycles. The van der Waals surface area contributed by atoms with E-state index in [4.69, 9.17) is 21.4 Å². The lowest BCUT2D eigenvalue weighted by atomic mass is 9.74. The lowest BCUT2D eigenvalue weighted by Crippen LogP contribution is -2.34. The van der Waals surface area contributed by atoms with Crippen LogP contribution >= 0.6 is 34.7 Å². The fraction of sp³-hybridized carbons (Fsp3) is 0.474. The number of ether oxygens (including phenoxy) is 1. The average molecular weight is 424 g/mol. The number of hydrogen-bond donors (Lipinski definition) is 2. The van der Waals surface area contributed by atoms with E-state index in [2.05, 4.69) is 4.98 Å². The summed E-state index contributed by atoms with van der Waals surface area (Å²) < 4.78 is 5.61. The summed E-state index contributed by atoms with van der Waals surface area (Å²) in [6.45, 7) is -0.396. The van der Waals surface area contributed by atoms with Gasteiger partial charge in [0.05, 0.1) is 5.03 Å².